The van der Waals surface area contributed by atoms with E-state index in [0.717, 1.165) is 16.8 Å². The van der Waals surface area contributed by atoms with Gasteiger partial charge < -0.3 is 5.32 Å². The van der Waals surface area contributed by atoms with Crippen LogP contribution in [0.4, 0.5) is 5.69 Å². The van der Waals surface area contributed by atoms with E-state index in [0.29, 0.717) is 5.57 Å². The molecule has 0 unspecified atom stereocenters. The maximum absolute atomic E-state index is 11.6. The lowest BCUT2D eigenvalue weighted by molar-refractivity contribution is -0.112. The van der Waals surface area contributed by atoms with Gasteiger partial charge in [0, 0.05) is 11.3 Å². The van der Waals surface area contributed by atoms with Crippen molar-refractivity contribution in [1.82, 2.24) is 0 Å². The van der Waals surface area contributed by atoms with Crippen molar-refractivity contribution in [2.75, 3.05) is 5.32 Å². The Hall–Kier alpha value is -5.47. The molecule has 0 aliphatic rings. The molecule has 0 spiro atoms. The summed E-state index contributed by atoms with van der Waals surface area (Å²) in [4.78, 5) is 11.6. The third-order valence-electron chi connectivity index (χ3n) is 6.39. The summed E-state index contributed by atoms with van der Waals surface area (Å²) in [5, 5.41) is 2.81. The monoisotopic (exact) mass is 663 g/mol. The van der Waals surface area contributed by atoms with Gasteiger partial charge in [-0.2, -0.15) is 0 Å². The lowest BCUT2D eigenvalue weighted by Crippen LogP contribution is -2.11. The number of carbonyl (C=O) groups excluding carboxylic acids is 1. The fraction of sp³-hybridized carbons (Fsp3) is 0.188. The second-order valence-corrected chi connectivity index (χ2v) is 12.3. The molecule has 0 fully saturated rings. The second-order valence-electron chi connectivity index (χ2n) is 12.3. The molecule has 1 amide bonds. The lowest BCUT2D eigenvalue weighted by atomic mass is 10.1. The quantitative estimate of drug-likeness (QED) is 0.109. The predicted molar refractivity (Wildman–Crippen MR) is 224 cm³/mol. The molecule has 1 N–H and O–H groups in total. The summed E-state index contributed by atoms with van der Waals surface area (Å²) >= 11 is 0. The Kier molecular flexibility index (Phi) is 21.7. The molecule has 0 aromatic heterocycles. The van der Waals surface area contributed by atoms with E-state index in [1.165, 1.54) is 39.8 Å². The van der Waals surface area contributed by atoms with Gasteiger partial charge >= 0.3 is 0 Å². The van der Waals surface area contributed by atoms with Gasteiger partial charge in [-0.25, -0.2) is 0 Å². The molecular formula is C48H57NO. The Morgan fingerprint density at radius 2 is 0.760 bits per heavy atom. The molecule has 5 aromatic rings. The minimum absolute atomic E-state index is 0.162. The van der Waals surface area contributed by atoms with Crippen LogP contribution in [-0.4, -0.2) is 5.91 Å². The zero-order chi connectivity index (χ0) is 37.1. The lowest BCUT2D eigenvalue weighted by Gasteiger charge is -2.04. The number of benzene rings is 5. The van der Waals surface area contributed by atoms with E-state index in [2.05, 4.69) is 150 Å². The van der Waals surface area contributed by atoms with Crippen molar-refractivity contribution >= 4 is 35.9 Å². The van der Waals surface area contributed by atoms with E-state index < -0.39 is 0 Å². The van der Waals surface area contributed by atoms with Gasteiger partial charge in [-0.15, -0.1) is 6.58 Å². The maximum atomic E-state index is 11.6. The second kappa shape index (κ2) is 25.5. The normalized spacial score (nSPS) is 9.76. The number of amides is 1. The highest BCUT2D eigenvalue weighted by atomic mass is 16.1. The number of carbonyl (C=O) groups is 1. The van der Waals surface area contributed by atoms with Gasteiger partial charge in [0.15, 0.2) is 0 Å². The van der Waals surface area contributed by atoms with E-state index in [-0.39, 0.29) is 5.91 Å². The highest BCUT2D eigenvalue weighted by Crippen LogP contribution is 2.15. The number of aryl methyl sites for hydroxylation is 3. The Morgan fingerprint density at radius 1 is 0.500 bits per heavy atom. The number of anilines is 1. The molecule has 0 bridgehead atoms. The van der Waals surface area contributed by atoms with E-state index in [9.17, 15) is 4.79 Å². The van der Waals surface area contributed by atoms with Crippen molar-refractivity contribution in [3.63, 3.8) is 0 Å². The van der Waals surface area contributed by atoms with Gasteiger partial charge in [-0.1, -0.05) is 195 Å². The Balaban J connectivity index is 0.000000477. The zero-order valence-corrected chi connectivity index (χ0v) is 31.5. The first-order valence-electron chi connectivity index (χ1n) is 17.2. The first-order chi connectivity index (χ1) is 23.9. The molecule has 260 valence electrons. The topological polar surface area (TPSA) is 29.1 Å². The minimum Gasteiger partial charge on any atom is -0.322 e. The largest absolute Gasteiger partial charge is 0.322 e. The van der Waals surface area contributed by atoms with Crippen LogP contribution in [-0.2, 0) is 4.79 Å². The standard InChI is InChI=1S/C27H25NO.2C7H8.C4H8.C3H8/c1-20(2)27(29)28-26-18-16-25(17-19-26)15-14-24-12-10-23(11-13-24)9-8-22-6-4-21(3)5-7-22;2*1-7-5-3-2-4-6-7;1-4(2)3;1-3-2/h4-19H,1H2,2-3H3,(H,28,29);2*2-6H,1H3;1H2,2-3H3;3H2,1-2H3/b9-8+,15-14+;;;;. The van der Waals surface area contributed by atoms with Crippen molar-refractivity contribution in [3.05, 3.63) is 197 Å². The van der Waals surface area contributed by atoms with Crippen LogP contribution >= 0.6 is 0 Å². The Labute approximate surface area is 303 Å². The van der Waals surface area contributed by atoms with E-state index in [1.54, 1.807) is 6.92 Å². The van der Waals surface area contributed by atoms with Crippen LogP contribution in [0.2, 0.25) is 0 Å². The van der Waals surface area contributed by atoms with Gasteiger partial charge in [-0.05, 0) is 75.9 Å². The van der Waals surface area contributed by atoms with Crippen molar-refractivity contribution in [3.8, 4) is 0 Å². The third-order valence-corrected chi connectivity index (χ3v) is 6.39. The number of allylic oxidation sites excluding steroid dienone is 1. The van der Waals surface area contributed by atoms with Crippen LogP contribution in [0.15, 0.2) is 158 Å². The summed E-state index contributed by atoms with van der Waals surface area (Å²) in [5.74, 6) is -0.162. The molecule has 0 atom stereocenters. The molecule has 0 aliphatic heterocycles. The first kappa shape index (κ1) is 42.6. The Morgan fingerprint density at radius 3 is 1.02 bits per heavy atom. The Bertz CT molecular complexity index is 1670. The molecule has 0 saturated heterocycles. The number of nitrogens with one attached hydrogen (secondary N) is 1. The fourth-order valence-electron chi connectivity index (χ4n) is 3.76. The molecule has 0 heterocycles. The van der Waals surface area contributed by atoms with Gasteiger partial charge in [0.05, 0.1) is 0 Å². The first-order valence-corrected chi connectivity index (χ1v) is 17.2. The maximum Gasteiger partial charge on any atom is 0.250 e. The average molecular weight is 664 g/mol. The van der Waals surface area contributed by atoms with Crippen molar-refractivity contribution in [2.24, 2.45) is 0 Å². The molecule has 0 saturated carbocycles. The minimum atomic E-state index is -0.162. The van der Waals surface area contributed by atoms with Crippen molar-refractivity contribution < 1.29 is 4.79 Å². The predicted octanol–water partition coefficient (Wildman–Crippen LogP) is 13.8. The molecule has 5 aromatic carbocycles. The number of rotatable bonds is 6. The van der Waals surface area contributed by atoms with Gasteiger partial charge in [0.25, 0.3) is 5.91 Å². The average Bonchev–Trinajstić information content (AvgIpc) is 3.09. The molecule has 0 radical (unpaired) electrons. The fourth-order valence-corrected chi connectivity index (χ4v) is 3.76. The molecule has 50 heavy (non-hydrogen) atoms. The summed E-state index contributed by atoms with van der Waals surface area (Å²) in [6, 6.07) is 45.2. The highest BCUT2D eigenvalue weighted by Gasteiger charge is 2.01. The molecular weight excluding hydrogens is 607 g/mol. The molecule has 2 nitrogen and oxygen atoms in total. The van der Waals surface area contributed by atoms with Crippen molar-refractivity contribution in [2.45, 2.75) is 61.8 Å². The van der Waals surface area contributed by atoms with Gasteiger partial charge in [-0.3, -0.25) is 4.79 Å². The smallest absolute Gasteiger partial charge is 0.250 e. The molecule has 2 heteroatoms. The van der Waals surface area contributed by atoms with E-state index in [4.69, 9.17) is 0 Å². The molecule has 0 aliphatic carbocycles. The van der Waals surface area contributed by atoms with E-state index in [1.807, 2.05) is 74.5 Å². The van der Waals surface area contributed by atoms with Crippen molar-refractivity contribution in [1.29, 1.82) is 0 Å². The van der Waals surface area contributed by atoms with Crippen LogP contribution < -0.4 is 5.32 Å². The number of hydrogen-bond acceptors (Lipinski definition) is 1. The molecule has 5 rings (SSSR count). The third kappa shape index (κ3) is 21.4. The summed E-state index contributed by atoms with van der Waals surface area (Å²) in [6.07, 6.45) is 9.63. The van der Waals surface area contributed by atoms with Gasteiger partial charge in [0.1, 0.15) is 0 Å². The summed E-state index contributed by atoms with van der Waals surface area (Å²) in [6.45, 7) is 23.3. The van der Waals surface area contributed by atoms with Crippen LogP contribution in [0.5, 0.6) is 0 Å². The van der Waals surface area contributed by atoms with Crippen LogP contribution in [0.1, 0.15) is 80.0 Å². The van der Waals surface area contributed by atoms with Crippen LogP contribution in [0, 0.1) is 20.8 Å². The SMILES string of the molecule is C=C(C)C.C=C(C)C(=O)Nc1ccc(/C=C/c2ccc(/C=C/c3ccc(C)cc3)cc2)cc1.CCC.Cc1ccccc1.Cc1ccccc1. The summed E-state index contributed by atoms with van der Waals surface area (Å²) in [5.41, 5.74) is 10.9. The number of hydrogen-bond donors (Lipinski definition) is 1. The van der Waals surface area contributed by atoms with E-state index >= 15 is 0 Å². The van der Waals surface area contributed by atoms with Crippen LogP contribution in [0.3, 0.4) is 0 Å². The zero-order valence-electron chi connectivity index (χ0n) is 31.5. The summed E-state index contributed by atoms with van der Waals surface area (Å²) < 4.78 is 0. The highest BCUT2D eigenvalue weighted by molar-refractivity contribution is 6.02. The summed E-state index contributed by atoms with van der Waals surface area (Å²) in [7, 11) is 0. The van der Waals surface area contributed by atoms with Gasteiger partial charge in [0.2, 0.25) is 0 Å². The van der Waals surface area contributed by atoms with Crippen LogP contribution in [0.25, 0.3) is 24.3 Å².